The van der Waals surface area contributed by atoms with Crippen molar-refractivity contribution < 1.29 is 4.79 Å². The molecule has 0 saturated heterocycles. The van der Waals surface area contributed by atoms with Gasteiger partial charge in [-0.1, -0.05) is 11.3 Å². The second-order valence-corrected chi connectivity index (χ2v) is 4.79. The number of carbonyl (C=O) groups excluding carboxylic acids is 1. The van der Waals surface area contributed by atoms with Crippen LogP contribution in [0.25, 0.3) is 11.0 Å². The van der Waals surface area contributed by atoms with Crippen molar-refractivity contribution in [3.05, 3.63) is 53.9 Å². The second kappa shape index (κ2) is 5.74. The number of rotatable bonds is 4. The molecule has 6 nitrogen and oxygen atoms in total. The van der Waals surface area contributed by atoms with Crippen LogP contribution >= 0.6 is 0 Å². The molecular weight excluding hydrogens is 278 g/mol. The number of nitrogens with zero attached hydrogens (tertiary/aromatic N) is 5. The minimum Gasteiger partial charge on any atom is -0.292 e. The number of aromatic nitrogens is 4. The van der Waals surface area contributed by atoms with E-state index in [4.69, 9.17) is 0 Å². The number of pyridine rings is 1. The molecule has 0 spiro atoms. The van der Waals surface area contributed by atoms with Crippen molar-refractivity contribution in [1.82, 2.24) is 20.0 Å². The fraction of sp³-hybridized carbons (Fsp3) is 0.188. The molecule has 0 radical (unpaired) electrons. The molecule has 0 saturated carbocycles. The average molecular weight is 291 g/mol. The maximum absolute atomic E-state index is 12.6. The molecule has 0 unspecified atom stereocenters. The van der Waals surface area contributed by atoms with E-state index >= 15 is 0 Å². The van der Waals surface area contributed by atoms with Crippen LogP contribution in [0, 0.1) is 11.3 Å². The van der Waals surface area contributed by atoms with E-state index in [9.17, 15) is 10.1 Å². The fourth-order valence-corrected chi connectivity index (χ4v) is 2.33. The average Bonchev–Trinajstić information content (AvgIpc) is 2.98. The van der Waals surface area contributed by atoms with E-state index in [-0.39, 0.29) is 5.78 Å². The first kappa shape index (κ1) is 13.9. The summed E-state index contributed by atoms with van der Waals surface area (Å²) in [6.45, 7) is 2.68. The highest BCUT2D eigenvalue weighted by Crippen LogP contribution is 2.21. The molecule has 108 valence electrons. The molecule has 6 heteroatoms. The maximum atomic E-state index is 12.6. The number of hydrogen-bond donors (Lipinski definition) is 0. The van der Waals surface area contributed by atoms with Crippen LogP contribution in [0.1, 0.15) is 28.9 Å². The molecule has 0 bridgehead atoms. The summed E-state index contributed by atoms with van der Waals surface area (Å²) in [7, 11) is 0. The predicted molar refractivity (Wildman–Crippen MR) is 80.1 cm³/mol. The lowest BCUT2D eigenvalue weighted by Gasteiger charge is -2.07. The highest BCUT2D eigenvalue weighted by atomic mass is 16.1. The Labute approximate surface area is 127 Å². The number of fused-ring (bicyclic) bond motifs is 1. The Morgan fingerprint density at radius 1 is 1.36 bits per heavy atom. The summed E-state index contributed by atoms with van der Waals surface area (Å²) >= 11 is 0. The number of aryl methyl sites for hydroxylation is 1. The third kappa shape index (κ3) is 2.33. The van der Waals surface area contributed by atoms with Crippen molar-refractivity contribution >= 4 is 16.8 Å². The second-order valence-electron chi connectivity index (χ2n) is 4.79. The van der Waals surface area contributed by atoms with Gasteiger partial charge in [0.15, 0.2) is 11.7 Å². The number of ketones is 1. The van der Waals surface area contributed by atoms with Gasteiger partial charge in [0.2, 0.25) is 0 Å². The molecular formula is C16H13N5O. The minimum absolute atomic E-state index is 0.283. The molecule has 3 aromatic rings. The van der Waals surface area contributed by atoms with Crippen LogP contribution in [0.3, 0.4) is 0 Å². The number of nitriles is 1. The Morgan fingerprint density at radius 3 is 2.91 bits per heavy atom. The lowest BCUT2D eigenvalue weighted by Crippen LogP contribution is -2.12. The molecule has 0 aliphatic rings. The van der Waals surface area contributed by atoms with Crippen molar-refractivity contribution in [1.29, 1.82) is 5.26 Å². The zero-order valence-corrected chi connectivity index (χ0v) is 12.0. The van der Waals surface area contributed by atoms with Crippen LogP contribution in [0.2, 0.25) is 0 Å². The zero-order valence-electron chi connectivity index (χ0n) is 12.0. The monoisotopic (exact) mass is 291 g/mol. The van der Waals surface area contributed by atoms with E-state index in [0.29, 0.717) is 23.3 Å². The van der Waals surface area contributed by atoms with Crippen LogP contribution in [-0.2, 0) is 6.54 Å². The first-order valence-electron chi connectivity index (χ1n) is 6.92. The Kier molecular flexibility index (Phi) is 3.62. The normalized spacial score (nSPS) is 12.0. The highest BCUT2D eigenvalue weighted by Gasteiger charge is 2.23. The van der Waals surface area contributed by atoms with Gasteiger partial charge in [0, 0.05) is 18.3 Å². The molecule has 0 aliphatic carbocycles. The number of benzene rings is 1. The smallest absolute Gasteiger partial charge is 0.186 e. The molecule has 2 heterocycles. The van der Waals surface area contributed by atoms with E-state index in [1.165, 1.54) is 0 Å². The number of Topliss-reactive ketones (excluding diaryl/α,β-unsaturated/α-hetero) is 1. The summed E-state index contributed by atoms with van der Waals surface area (Å²) in [6.07, 6.45) is 1.57. The summed E-state index contributed by atoms with van der Waals surface area (Å²) < 4.78 is 1.75. The minimum atomic E-state index is -0.917. The third-order valence-electron chi connectivity index (χ3n) is 3.47. The van der Waals surface area contributed by atoms with Crippen molar-refractivity contribution in [2.45, 2.75) is 19.4 Å². The van der Waals surface area contributed by atoms with Crippen LogP contribution in [-0.4, -0.2) is 25.8 Å². The van der Waals surface area contributed by atoms with E-state index in [2.05, 4.69) is 15.3 Å². The van der Waals surface area contributed by atoms with Gasteiger partial charge in [-0.3, -0.25) is 9.78 Å². The molecule has 1 atom stereocenters. The Balaban J connectivity index is 1.99. The van der Waals surface area contributed by atoms with Crippen LogP contribution < -0.4 is 0 Å². The van der Waals surface area contributed by atoms with Crippen LogP contribution in [0.15, 0.2) is 42.6 Å². The fourth-order valence-electron chi connectivity index (χ4n) is 2.33. The molecule has 0 N–H and O–H groups in total. The van der Waals surface area contributed by atoms with Gasteiger partial charge in [-0.15, -0.1) is 5.10 Å². The van der Waals surface area contributed by atoms with Gasteiger partial charge < -0.3 is 0 Å². The Hall–Kier alpha value is -3.07. The maximum Gasteiger partial charge on any atom is 0.186 e. The largest absolute Gasteiger partial charge is 0.292 e. The topological polar surface area (TPSA) is 84.5 Å². The molecule has 3 rings (SSSR count). The van der Waals surface area contributed by atoms with Crippen molar-refractivity contribution in [3.8, 4) is 6.07 Å². The van der Waals surface area contributed by atoms with Crippen molar-refractivity contribution in [2.24, 2.45) is 0 Å². The number of hydrogen-bond acceptors (Lipinski definition) is 5. The number of carbonyl (C=O) groups is 1. The predicted octanol–water partition coefficient (Wildman–Crippen LogP) is 2.34. The van der Waals surface area contributed by atoms with E-state index < -0.39 is 5.92 Å². The summed E-state index contributed by atoms with van der Waals surface area (Å²) in [6, 6.07) is 12.4. The molecule has 22 heavy (non-hydrogen) atoms. The van der Waals surface area contributed by atoms with E-state index in [1.807, 2.05) is 13.0 Å². The van der Waals surface area contributed by atoms with Gasteiger partial charge in [0.1, 0.15) is 5.52 Å². The van der Waals surface area contributed by atoms with Gasteiger partial charge in [-0.2, -0.15) is 5.26 Å². The van der Waals surface area contributed by atoms with Gasteiger partial charge in [-0.05, 0) is 37.3 Å². The first-order chi connectivity index (χ1) is 10.7. The standard InChI is InChI=1S/C16H13N5O/c1-2-21-15-7-6-11(9-14(15)19-20-21)16(22)12(10-17)13-5-3-4-8-18-13/h3-9,12H,2H2,1H3/t12-/m0/s1. The molecule has 2 aromatic heterocycles. The summed E-state index contributed by atoms with van der Waals surface area (Å²) in [5.41, 5.74) is 2.40. The van der Waals surface area contributed by atoms with E-state index in [0.717, 1.165) is 5.52 Å². The molecule has 0 amide bonds. The van der Waals surface area contributed by atoms with Gasteiger partial charge in [0.05, 0.1) is 17.3 Å². The third-order valence-corrected chi connectivity index (χ3v) is 3.47. The summed E-state index contributed by atoms with van der Waals surface area (Å²) in [4.78, 5) is 16.7. The van der Waals surface area contributed by atoms with Crippen molar-refractivity contribution in [3.63, 3.8) is 0 Å². The Morgan fingerprint density at radius 2 is 2.23 bits per heavy atom. The van der Waals surface area contributed by atoms with Gasteiger partial charge >= 0.3 is 0 Å². The Bertz CT molecular complexity index is 863. The highest BCUT2D eigenvalue weighted by molar-refractivity contribution is 6.04. The van der Waals surface area contributed by atoms with E-state index in [1.54, 1.807) is 47.3 Å². The molecule has 0 fully saturated rings. The lowest BCUT2D eigenvalue weighted by atomic mass is 9.95. The van der Waals surface area contributed by atoms with Gasteiger partial charge in [0.25, 0.3) is 0 Å². The summed E-state index contributed by atoms with van der Waals surface area (Å²) in [5.74, 6) is -1.20. The summed E-state index contributed by atoms with van der Waals surface area (Å²) in [5, 5.41) is 17.4. The van der Waals surface area contributed by atoms with Gasteiger partial charge in [-0.25, -0.2) is 4.68 Å². The quantitative estimate of drug-likeness (QED) is 0.689. The lowest BCUT2D eigenvalue weighted by molar-refractivity contribution is 0.0977. The SMILES string of the molecule is CCn1nnc2cc(C(=O)[C@@H](C#N)c3ccccn3)ccc21. The zero-order chi connectivity index (χ0) is 15.5. The van der Waals surface area contributed by atoms with Crippen LogP contribution in [0.5, 0.6) is 0 Å². The molecule has 1 aromatic carbocycles. The van der Waals surface area contributed by atoms with Crippen molar-refractivity contribution in [2.75, 3.05) is 0 Å². The molecule has 0 aliphatic heterocycles. The first-order valence-corrected chi connectivity index (χ1v) is 6.92. The van der Waals surface area contributed by atoms with Crippen LogP contribution in [0.4, 0.5) is 0 Å².